The van der Waals surface area contributed by atoms with Gasteiger partial charge in [0.15, 0.2) is 12.5 Å². The maximum atomic E-state index is 12.5. The van der Waals surface area contributed by atoms with E-state index in [-0.39, 0.29) is 0 Å². The molecule has 0 amide bonds. The van der Waals surface area contributed by atoms with Gasteiger partial charge in [-0.05, 0) is 6.92 Å². The zero-order chi connectivity index (χ0) is 29.3. The van der Waals surface area contributed by atoms with Gasteiger partial charge in [-0.3, -0.25) is 23.4 Å². The molecule has 3 heterocycles. The first-order chi connectivity index (χ1) is 18.0. The van der Waals surface area contributed by atoms with Crippen molar-refractivity contribution in [2.24, 2.45) is 5.92 Å². The summed E-state index contributed by atoms with van der Waals surface area (Å²) in [6.45, 7) is -0.788. The van der Waals surface area contributed by atoms with Crippen LogP contribution in [0.3, 0.4) is 0 Å². The number of aromatic nitrogens is 2. The minimum atomic E-state index is -5.59. The molecule has 39 heavy (non-hydrogen) atoms. The third-order valence-electron chi connectivity index (χ3n) is 5.84. The number of hydrogen-bond acceptors (Lipinski definition) is 15. The Bertz CT molecular complexity index is 1240. The molecule has 2 aliphatic heterocycles. The first-order valence-corrected chi connectivity index (χ1v) is 14.2. The predicted molar refractivity (Wildman–Crippen MR) is 122 cm³/mol. The molecule has 1 aromatic heterocycles. The van der Waals surface area contributed by atoms with E-state index in [1.807, 2.05) is 4.98 Å². The predicted octanol–water partition coefficient (Wildman–Crippen LogP) is -3.56. The number of carbonyl (C=O) groups is 1. The Morgan fingerprint density at radius 1 is 1.03 bits per heavy atom. The normalized spacial score (nSPS) is 36.3. The highest BCUT2D eigenvalue weighted by molar-refractivity contribution is 7.61. The largest absolute Gasteiger partial charge is 0.483 e. The summed E-state index contributed by atoms with van der Waals surface area (Å²) in [4.78, 5) is 56.6. The Morgan fingerprint density at radius 2 is 1.67 bits per heavy atom. The standard InChI is InChI=1S/C18H28N2O17P2/c1-7(22)4-8-12(24)13(25)9(5-21)35-17(8)36-39(31,32)37-38(29,30)33-6-10-14(26)15(27)16(34-10)20-3-2-11(23)19-18(20)28/h2-3,8-10,12-17,21,24-27H,4-6H2,1H3,(H,29,30)(H,31,32)(H,19,23,28)/t8?,9?,10-,12?,13?,14+,15?,16-,17?/m1/s1. The molecular formula is C18H28N2O17P2. The van der Waals surface area contributed by atoms with Crippen molar-refractivity contribution < 1.29 is 72.1 Å². The van der Waals surface area contributed by atoms with Gasteiger partial charge in [0.1, 0.15) is 36.3 Å². The highest BCUT2D eigenvalue weighted by atomic mass is 31.3. The molecule has 0 aliphatic carbocycles. The Labute approximate surface area is 218 Å². The number of H-pyrrole nitrogens is 1. The molecule has 3 rings (SSSR count). The van der Waals surface area contributed by atoms with Gasteiger partial charge in [0.05, 0.1) is 19.3 Å². The number of nitrogens with zero attached hydrogens (tertiary/aromatic N) is 1. The molecule has 0 radical (unpaired) electrons. The minimum absolute atomic E-state index is 0.521. The summed E-state index contributed by atoms with van der Waals surface area (Å²) >= 11 is 0. The number of rotatable bonds is 11. The molecule has 11 atom stereocenters. The second kappa shape index (κ2) is 12.5. The summed E-state index contributed by atoms with van der Waals surface area (Å²) in [5, 5.41) is 50.0. The van der Waals surface area contributed by atoms with Crippen LogP contribution in [0.4, 0.5) is 0 Å². The fraction of sp³-hybridized carbons (Fsp3) is 0.722. The average molecular weight is 606 g/mol. The third kappa shape index (κ3) is 7.75. The molecule has 1 aromatic rings. The molecule has 2 saturated heterocycles. The number of nitrogens with one attached hydrogen (secondary N) is 1. The number of carbonyl (C=O) groups excluding carboxylic acids is 1. The van der Waals surface area contributed by atoms with Gasteiger partial charge in [-0.2, -0.15) is 4.31 Å². The van der Waals surface area contributed by atoms with Crippen molar-refractivity contribution in [2.75, 3.05) is 13.2 Å². The van der Waals surface area contributed by atoms with Crippen LogP contribution in [0.2, 0.25) is 0 Å². The molecule has 0 saturated carbocycles. The van der Waals surface area contributed by atoms with Crippen LogP contribution in [0.5, 0.6) is 0 Å². The summed E-state index contributed by atoms with van der Waals surface area (Å²) in [5.74, 6) is -1.99. The molecule has 8 unspecified atom stereocenters. The van der Waals surface area contributed by atoms with Gasteiger partial charge in [-0.15, -0.1) is 0 Å². The summed E-state index contributed by atoms with van der Waals surface area (Å²) < 4.78 is 49.4. The van der Waals surface area contributed by atoms with Crippen molar-refractivity contribution in [1.29, 1.82) is 0 Å². The molecule has 8 N–H and O–H groups in total. The zero-order valence-electron chi connectivity index (χ0n) is 20.0. The summed E-state index contributed by atoms with van der Waals surface area (Å²) in [6.07, 6.45) is -13.2. The fourth-order valence-corrected chi connectivity index (χ4v) is 6.18. The summed E-state index contributed by atoms with van der Waals surface area (Å²) in [7, 11) is -11.1. The molecule has 21 heteroatoms. The molecule has 2 aliphatic rings. The van der Waals surface area contributed by atoms with Crippen molar-refractivity contribution in [3.63, 3.8) is 0 Å². The van der Waals surface area contributed by atoms with Gasteiger partial charge in [-0.1, -0.05) is 0 Å². The second-order valence-corrected chi connectivity index (χ2v) is 11.8. The van der Waals surface area contributed by atoms with Gasteiger partial charge >= 0.3 is 21.3 Å². The quantitative estimate of drug-likeness (QED) is 0.113. The van der Waals surface area contributed by atoms with E-state index in [1.165, 1.54) is 0 Å². The molecule has 0 spiro atoms. The lowest BCUT2D eigenvalue weighted by molar-refractivity contribution is -0.263. The Balaban J connectivity index is 1.66. The van der Waals surface area contributed by atoms with Crippen molar-refractivity contribution in [1.82, 2.24) is 9.55 Å². The number of ether oxygens (including phenoxy) is 2. The monoisotopic (exact) mass is 606 g/mol. The van der Waals surface area contributed by atoms with Crippen LogP contribution in [0.1, 0.15) is 19.6 Å². The van der Waals surface area contributed by atoms with Crippen molar-refractivity contribution in [3.05, 3.63) is 33.1 Å². The molecule has 0 aromatic carbocycles. The van der Waals surface area contributed by atoms with E-state index in [2.05, 4.69) is 8.83 Å². The number of aliphatic hydroxyl groups excluding tert-OH is 5. The third-order valence-corrected chi connectivity index (χ3v) is 8.44. The smallest absolute Gasteiger partial charge is 0.394 e. The summed E-state index contributed by atoms with van der Waals surface area (Å²) in [6, 6.07) is 0.932. The van der Waals surface area contributed by atoms with E-state index in [4.69, 9.17) is 14.0 Å². The molecular weight excluding hydrogens is 578 g/mol. The van der Waals surface area contributed by atoms with E-state index < -0.39 is 107 Å². The Kier molecular flexibility index (Phi) is 10.2. The van der Waals surface area contributed by atoms with Crippen LogP contribution in [-0.4, -0.2) is 107 Å². The topological polar surface area (TPSA) is 294 Å². The van der Waals surface area contributed by atoms with Crippen molar-refractivity contribution in [3.8, 4) is 0 Å². The second-order valence-electron chi connectivity index (χ2n) is 8.76. The maximum absolute atomic E-state index is 12.5. The lowest BCUT2D eigenvalue weighted by Gasteiger charge is -2.41. The first kappa shape index (κ1) is 31.9. The summed E-state index contributed by atoms with van der Waals surface area (Å²) in [5.41, 5.74) is -1.74. The van der Waals surface area contributed by atoms with Crippen LogP contribution >= 0.6 is 15.6 Å². The van der Waals surface area contributed by atoms with Crippen LogP contribution in [0.15, 0.2) is 21.9 Å². The number of phosphoric ester groups is 2. The number of hydrogen-bond donors (Lipinski definition) is 8. The number of ketones is 1. The Morgan fingerprint density at radius 3 is 2.26 bits per heavy atom. The van der Waals surface area contributed by atoms with Crippen molar-refractivity contribution in [2.45, 2.75) is 62.5 Å². The van der Waals surface area contributed by atoms with Crippen LogP contribution < -0.4 is 11.2 Å². The number of Topliss-reactive ketones (excluding diaryl/α,β-unsaturated/α-hetero) is 1. The van der Waals surface area contributed by atoms with Crippen LogP contribution in [0, 0.1) is 5.92 Å². The van der Waals surface area contributed by atoms with E-state index in [9.17, 15) is 58.8 Å². The van der Waals surface area contributed by atoms with Crippen LogP contribution in [0.25, 0.3) is 0 Å². The first-order valence-electron chi connectivity index (χ1n) is 11.2. The number of phosphoric acid groups is 2. The average Bonchev–Trinajstić information content (AvgIpc) is 3.10. The van der Waals surface area contributed by atoms with Crippen LogP contribution in [-0.2, 0) is 36.8 Å². The number of aromatic amines is 1. The lowest BCUT2D eigenvalue weighted by atomic mass is 9.87. The van der Waals surface area contributed by atoms with Gasteiger partial charge < -0.3 is 49.6 Å². The molecule has 222 valence electrons. The van der Waals surface area contributed by atoms with Gasteiger partial charge in [0.2, 0.25) is 0 Å². The minimum Gasteiger partial charge on any atom is -0.394 e. The molecule has 19 nitrogen and oxygen atoms in total. The van der Waals surface area contributed by atoms with Gasteiger partial charge in [-0.25, -0.2) is 13.9 Å². The SMILES string of the molecule is CC(=O)CC1C(OP(=O)(O)OP(=O)(O)OC[C@H]2O[C@@H](n3ccc(=O)[nH]c3=O)C(O)[C@H]2O)OC(CO)C(O)C1O. The fourth-order valence-electron chi connectivity index (χ4n) is 3.99. The maximum Gasteiger partial charge on any atom is 0.483 e. The van der Waals surface area contributed by atoms with E-state index in [0.717, 1.165) is 23.8 Å². The lowest BCUT2D eigenvalue weighted by Crippen LogP contribution is -2.56. The molecule has 0 bridgehead atoms. The Hall–Kier alpha value is -1.67. The van der Waals surface area contributed by atoms with E-state index in [1.54, 1.807) is 0 Å². The van der Waals surface area contributed by atoms with E-state index in [0.29, 0.717) is 0 Å². The van der Waals surface area contributed by atoms with E-state index >= 15 is 0 Å². The van der Waals surface area contributed by atoms with Crippen molar-refractivity contribution >= 4 is 21.4 Å². The van der Waals surface area contributed by atoms with Gasteiger partial charge in [0, 0.05) is 24.6 Å². The molecule has 2 fully saturated rings. The zero-order valence-corrected chi connectivity index (χ0v) is 21.8. The highest BCUT2D eigenvalue weighted by Gasteiger charge is 2.50. The van der Waals surface area contributed by atoms with Gasteiger partial charge in [0.25, 0.3) is 5.56 Å². The number of aliphatic hydroxyl groups is 5. The highest BCUT2D eigenvalue weighted by Crippen LogP contribution is 2.62.